The van der Waals surface area contributed by atoms with Crippen LogP contribution < -0.4 is 14.2 Å². The van der Waals surface area contributed by atoms with Gasteiger partial charge in [0.05, 0.1) is 17.9 Å². The van der Waals surface area contributed by atoms with Crippen LogP contribution in [0, 0.1) is 0 Å². The maximum absolute atomic E-state index is 12.5. The molecule has 16 N–H and O–H groups in total. The first-order valence-corrected chi connectivity index (χ1v) is 19.4. The second-order valence-electron chi connectivity index (χ2n) is 15.8. The van der Waals surface area contributed by atoms with Gasteiger partial charge in [0.15, 0.2) is 52.5 Å². The lowest BCUT2D eigenvalue weighted by Crippen LogP contribution is -2.39. The predicted octanol–water partition coefficient (Wildman–Crippen LogP) is 4.15. The third kappa shape index (κ3) is 6.40. The molecule has 0 radical (unpaired) electrons. The number of benzene rings is 6. The number of aliphatic hydroxyl groups is 3. The lowest BCUT2D eigenvalue weighted by atomic mass is 9.73. The number of phenolic OH excluding ortho intramolecular Hbond substituents is 13. The van der Waals surface area contributed by atoms with Gasteiger partial charge in [-0.05, 0) is 47.5 Å². The van der Waals surface area contributed by atoms with Gasteiger partial charge in [0.2, 0.25) is 0 Å². The minimum atomic E-state index is -2.02. The van der Waals surface area contributed by atoms with Crippen molar-refractivity contribution in [1.29, 1.82) is 0 Å². The lowest BCUT2D eigenvalue weighted by Gasteiger charge is -2.43. The van der Waals surface area contributed by atoms with E-state index >= 15 is 0 Å². The molecule has 3 heterocycles. The van der Waals surface area contributed by atoms with Crippen molar-refractivity contribution in [3.05, 3.63) is 117 Å². The molecule has 64 heavy (non-hydrogen) atoms. The van der Waals surface area contributed by atoms with Crippen LogP contribution in [-0.4, -0.2) is 100 Å². The van der Waals surface area contributed by atoms with E-state index in [1.54, 1.807) is 0 Å². The highest BCUT2D eigenvalue weighted by atomic mass is 16.5. The van der Waals surface area contributed by atoms with Crippen molar-refractivity contribution in [2.45, 2.75) is 54.9 Å². The molecule has 19 nitrogen and oxygen atoms in total. The van der Waals surface area contributed by atoms with E-state index < -0.39 is 140 Å². The molecule has 0 saturated carbocycles. The number of ether oxygens (including phenoxy) is 3. The number of rotatable bonds is 5. The van der Waals surface area contributed by atoms with Crippen LogP contribution in [0.15, 0.2) is 72.8 Å². The van der Waals surface area contributed by atoms with E-state index in [0.29, 0.717) is 0 Å². The first-order valence-electron chi connectivity index (χ1n) is 19.4. The summed E-state index contributed by atoms with van der Waals surface area (Å²) in [4.78, 5) is 0. The Bertz CT molecular complexity index is 2870. The van der Waals surface area contributed by atoms with Crippen molar-refractivity contribution in [2.24, 2.45) is 0 Å². The van der Waals surface area contributed by atoms with Gasteiger partial charge in [-0.2, -0.15) is 0 Å². The Balaban J connectivity index is 1.32. The van der Waals surface area contributed by atoms with Gasteiger partial charge in [-0.25, -0.2) is 0 Å². The summed E-state index contributed by atoms with van der Waals surface area (Å²) in [6.45, 7) is 0. The van der Waals surface area contributed by atoms with E-state index in [1.165, 1.54) is 12.1 Å². The van der Waals surface area contributed by atoms with Crippen LogP contribution in [-0.2, 0) is 6.42 Å². The third-order valence-corrected chi connectivity index (χ3v) is 11.9. The molecule has 0 fully saturated rings. The standard InChI is InChI=1S/C45H38O19/c46-17-9-24(52)32-31(10-17)62-42(15-2-4-20(48)23(51)6-15)39(60)36(32)34-26(54)13-27(55)35-37(40(61)43(64-45(34)35)16-7-28(56)38(59)29(57)8-16)33-25(53)12-21(49)18-11-30(58)41(63-44(18)33)14-1-3-19(47)22(50)5-14/h1-10,12-13,30,36-37,39-43,46-61H,11H2/t30-,36-,37-,39-,40-,41+,42+,43+/m0/s1. The highest BCUT2D eigenvalue weighted by molar-refractivity contribution is 5.71. The summed E-state index contributed by atoms with van der Waals surface area (Å²) in [5.41, 5.74) is -1.65. The van der Waals surface area contributed by atoms with Gasteiger partial charge in [0.1, 0.15) is 70.1 Å². The summed E-state index contributed by atoms with van der Waals surface area (Å²) in [7, 11) is 0. The fourth-order valence-electron chi connectivity index (χ4n) is 9.01. The normalized spacial score (nSPS) is 23.4. The van der Waals surface area contributed by atoms with Crippen molar-refractivity contribution in [3.63, 3.8) is 0 Å². The summed E-state index contributed by atoms with van der Waals surface area (Å²) in [6.07, 6.45) is -10.4. The molecule has 0 saturated heterocycles. The van der Waals surface area contributed by atoms with E-state index in [4.69, 9.17) is 14.2 Å². The minimum absolute atomic E-state index is 0.0482. The molecule has 8 atom stereocenters. The highest BCUT2D eigenvalue weighted by Crippen LogP contribution is 2.62. The second-order valence-corrected chi connectivity index (χ2v) is 15.8. The summed E-state index contributed by atoms with van der Waals surface area (Å²) < 4.78 is 18.8. The maximum atomic E-state index is 12.5. The van der Waals surface area contributed by atoms with Crippen LogP contribution in [0.25, 0.3) is 0 Å². The molecule has 3 aliphatic heterocycles. The van der Waals surface area contributed by atoms with E-state index in [0.717, 1.165) is 60.7 Å². The van der Waals surface area contributed by atoms with Gasteiger partial charge in [0.25, 0.3) is 0 Å². The average Bonchev–Trinajstić information content (AvgIpc) is 3.23. The van der Waals surface area contributed by atoms with Gasteiger partial charge in [-0.15, -0.1) is 0 Å². The first kappa shape index (κ1) is 41.4. The summed E-state index contributed by atoms with van der Waals surface area (Å²) in [6, 6.07) is 12.6. The molecule has 19 heteroatoms. The average molecular weight is 883 g/mol. The van der Waals surface area contributed by atoms with Crippen molar-refractivity contribution in [3.8, 4) is 92.0 Å². The molecule has 9 rings (SSSR count). The third-order valence-electron chi connectivity index (χ3n) is 11.9. The molecular weight excluding hydrogens is 844 g/mol. The second kappa shape index (κ2) is 14.8. The zero-order valence-corrected chi connectivity index (χ0v) is 32.6. The Morgan fingerprint density at radius 2 is 0.828 bits per heavy atom. The van der Waals surface area contributed by atoms with Crippen molar-refractivity contribution >= 4 is 0 Å². The zero-order chi connectivity index (χ0) is 45.8. The summed E-state index contributed by atoms with van der Waals surface area (Å²) >= 11 is 0. The predicted molar refractivity (Wildman–Crippen MR) is 216 cm³/mol. The number of hydrogen-bond donors (Lipinski definition) is 16. The van der Waals surface area contributed by atoms with Crippen LogP contribution in [0.5, 0.6) is 92.0 Å². The van der Waals surface area contributed by atoms with Crippen LogP contribution in [0.4, 0.5) is 0 Å². The van der Waals surface area contributed by atoms with Crippen molar-refractivity contribution in [1.82, 2.24) is 0 Å². The fourth-order valence-corrected chi connectivity index (χ4v) is 9.01. The zero-order valence-electron chi connectivity index (χ0n) is 32.6. The van der Waals surface area contributed by atoms with Crippen LogP contribution in [0.2, 0.25) is 0 Å². The molecule has 332 valence electrons. The molecule has 0 aliphatic carbocycles. The first-order chi connectivity index (χ1) is 30.3. The molecule has 6 aromatic carbocycles. The maximum Gasteiger partial charge on any atom is 0.200 e. The van der Waals surface area contributed by atoms with Crippen molar-refractivity contribution in [2.75, 3.05) is 0 Å². The van der Waals surface area contributed by atoms with Gasteiger partial charge >= 0.3 is 0 Å². The number of fused-ring (bicyclic) bond motifs is 3. The summed E-state index contributed by atoms with van der Waals surface area (Å²) in [5.74, 6) is -13.6. The van der Waals surface area contributed by atoms with E-state index in [1.807, 2.05) is 0 Å². The van der Waals surface area contributed by atoms with E-state index in [-0.39, 0.29) is 51.3 Å². The van der Waals surface area contributed by atoms with Gasteiger partial charge in [-0.3, -0.25) is 0 Å². The number of aromatic hydroxyl groups is 13. The Morgan fingerprint density at radius 3 is 1.39 bits per heavy atom. The van der Waals surface area contributed by atoms with Crippen LogP contribution >= 0.6 is 0 Å². The van der Waals surface area contributed by atoms with Gasteiger partial charge in [0, 0.05) is 64.1 Å². The largest absolute Gasteiger partial charge is 0.508 e. The monoisotopic (exact) mass is 882 g/mol. The molecule has 0 spiro atoms. The van der Waals surface area contributed by atoms with E-state index in [2.05, 4.69) is 0 Å². The molecule has 0 bridgehead atoms. The molecule has 3 aliphatic rings. The Hall–Kier alpha value is -8.00. The Morgan fingerprint density at radius 1 is 0.375 bits per heavy atom. The molecule has 0 unspecified atom stereocenters. The molecule has 0 amide bonds. The smallest absolute Gasteiger partial charge is 0.200 e. The topological polar surface area (TPSA) is 351 Å². The quantitative estimate of drug-likeness (QED) is 0.108. The van der Waals surface area contributed by atoms with Crippen LogP contribution in [0.1, 0.15) is 74.7 Å². The lowest BCUT2D eigenvalue weighted by molar-refractivity contribution is -0.00567. The van der Waals surface area contributed by atoms with E-state index in [9.17, 15) is 81.7 Å². The minimum Gasteiger partial charge on any atom is -0.508 e. The molecule has 6 aromatic rings. The molecule has 0 aromatic heterocycles. The fraction of sp³-hybridized carbons (Fsp3) is 0.200. The number of hydrogen-bond acceptors (Lipinski definition) is 19. The Labute approximate surface area is 359 Å². The Kier molecular flexibility index (Phi) is 9.58. The summed E-state index contributed by atoms with van der Waals surface area (Å²) in [5, 5.41) is 177. The molecular formula is C45H38O19. The van der Waals surface area contributed by atoms with Gasteiger partial charge in [-0.1, -0.05) is 12.1 Å². The van der Waals surface area contributed by atoms with Crippen molar-refractivity contribution < 1.29 is 95.9 Å². The number of phenols is 13. The highest BCUT2D eigenvalue weighted by Gasteiger charge is 2.51. The number of aliphatic hydroxyl groups excluding tert-OH is 3. The van der Waals surface area contributed by atoms with Gasteiger partial charge < -0.3 is 95.9 Å². The van der Waals surface area contributed by atoms with Crippen LogP contribution in [0.3, 0.4) is 0 Å². The SMILES string of the molecule is Oc1cc(O)c2c(c1)O[C@H](c1ccc(O)c(O)c1)[C@@H](O)[C@@H]2c1c(O)cc(O)c2c1O[C@H](c1cc(O)c(O)c(O)c1)[C@@H](O)[C@H]2c1c(O)cc(O)c2c1O[C@H](c1ccc(O)c(O)c1)[C@@H](O)C2.